The molecule has 0 bridgehead atoms. The lowest BCUT2D eigenvalue weighted by atomic mass is 9.98. The Morgan fingerprint density at radius 2 is 2.24 bits per heavy atom. The van der Waals surface area contributed by atoms with E-state index >= 15 is 0 Å². The highest BCUT2D eigenvalue weighted by Crippen LogP contribution is 2.21. The highest BCUT2D eigenvalue weighted by atomic mass is 35.5. The average Bonchev–Trinajstić information content (AvgIpc) is 2.64. The number of halogens is 2. The maximum Gasteiger partial charge on any atom is 0.127 e. The highest BCUT2D eigenvalue weighted by molar-refractivity contribution is 6.30. The largest absolute Gasteiger partial charge is 0.312 e. The standard InChI is InChI=1S/C17H26ClFN2/c1-4-12(2)17-11-21(13(3)7-8-20-17)10-14-9-15(18)5-6-16(14)19/h5-6,9,12-13,17,20H,4,7-8,10-11H2,1-3H3. The van der Waals surface area contributed by atoms with E-state index in [9.17, 15) is 4.39 Å². The van der Waals surface area contributed by atoms with Crippen LogP contribution in [0.3, 0.4) is 0 Å². The van der Waals surface area contributed by atoms with E-state index in [1.807, 2.05) is 0 Å². The van der Waals surface area contributed by atoms with Gasteiger partial charge in [-0.05, 0) is 44.0 Å². The van der Waals surface area contributed by atoms with Crippen LogP contribution in [-0.4, -0.2) is 30.1 Å². The summed E-state index contributed by atoms with van der Waals surface area (Å²) in [6.45, 7) is 9.35. The molecule has 1 aliphatic heterocycles. The summed E-state index contributed by atoms with van der Waals surface area (Å²) < 4.78 is 14.0. The molecule has 0 spiro atoms. The number of benzene rings is 1. The Morgan fingerprint density at radius 3 is 2.95 bits per heavy atom. The lowest BCUT2D eigenvalue weighted by Gasteiger charge is -2.31. The summed E-state index contributed by atoms with van der Waals surface area (Å²) in [4.78, 5) is 2.38. The van der Waals surface area contributed by atoms with Crippen molar-refractivity contribution in [2.24, 2.45) is 5.92 Å². The predicted molar refractivity (Wildman–Crippen MR) is 87.1 cm³/mol. The van der Waals surface area contributed by atoms with Gasteiger partial charge < -0.3 is 5.32 Å². The van der Waals surface area contributed by atoms with Crippen molar-refractivity contribution in [2.75, 3.05) is 13.1 Å². The molecule has 1 saturated heterocycles. The molecule has 1 aliphatic rings. The van der Waals surface area contributed by atoms with Crippen LogP contribution in [0.2, 0.25) is 5.02 Å². The van der Waals surface area contributed by atoms with Crippen molar-refractivity contribution < 1.29 is 4.39 Å². The van der Waals surface area contributed by atoms with Crippen LogP contribution in [-0.2, 0) is 6.54 Å². The molecule has 0 amide bonds. The SMILES string of the molecule is CCC(C)C1CN(Cc2cc(Cl)ccc2F)C(C)CCN1. The van der Waals surface area contributed by atoms with Gasteiger partial charge in [0.1, 0.15) is 5.82 Å². The van der Waals surface area contributed by atoms with Crippen molar-refractivity contribution in [1.29, 1.82) is 0 Å². The van der Waals surface area contributed by atoms with Gasteiger partial charge in [-0.3, -0.25) is 4.90 Å². The number of nitrogens with zero attached hydrogens (tertiary/aromatic N) is 1. The third-order valence-electron chi connectivity index (χ3n) is 4.74. The van der Waals surface area contributed by atoms with Crippen molar-refractivity contribution in [2.45, 2.75) is 52.2 Å². The van der Waals surface area contributed by atoms with Gasteiger partial charge in [0.15, 0.2) is 0 Å². The Hall–Kier alpha value is -0.640. The van der Waals surface area contributed by atoms with Gasteiger partial charge in [0, 0.05) is 35.8 Å². The van der Waals surface area contributed by atoms with Crippen molar-refractivity contribution in [1.82, 2.24) is 10.2 Å². The molecule has 3 atom stereocenters. The summed E-state index contributed by atoms with van der Waals surface area (Å²) in [5, 5.41) is 4.25. The van der Waals surface area contributed by atoms with Gasteiger partial charge in [-0.15, -0.1) is 0 Å². The number of rotatable bonds is 4. The topological polar surface area (TPSA) is 15.3 Å². The Kier molecular flexibility index (Phi) is 6.03. The molecule has 0 aliphatic carbocycles. The zero-order valence-electron chi connectivity index (χ0n) is 13.2. The van der Waals surface area contributed by atoms with Gasteiger partial charge in [0.05, 0.1) is 0 Å². The van der Waals surface area contributed by atoms with E-state index in [4.69, 9.17) is 11.6 Å². The molecule has 21 heavy (non-hydrogen) atoms. The molecule has 1 aromatic rings. The molecule has 1 aromatic carbocycles. The fraction of sp³-hybridized carbons (Fsp3) is 0.647. The Bertz CT molecular complexity index is 466. The third kappa shape index (κ3) is 4.41. The molecule has 1 heterocycles. The summed E-state index contributed by atoms with van der Waals surface area (Å²) in [5.74, 6) is 0.464. The van der Waals surface area contributed by atoms with Gasteiger partial charge in [-0.2, -0.15) is 0 Å². The molecule has 2 nitrogen and oxygen atoms in total. The van der Waals surface area contributed by atoms with Gasteiger partial charge in [0.25, 0.3) is 0 Å². The molecule has 1 fully saturated rings. The van der Waals surface area contributed by atoms with E-state index in [2.05, 4.69) is 31.0 Å². The van der Waals surface area contributed by atoms with Crippen LogP contribution in [0.25, 0.3) is 0 Å². The van der Waals surface area contributed by atoms with Gasteiger partial charge >= 0.3 is 0 Å². The fourth-order valence-corrected chi connectivity index (χ4v) is 3.12. The highest BCUT2D eigenvalue weighted by Gasteiger charge is 2.26. The molecule has 0 saturated carbocycles. The van der Waals surface area contributed by atoms with Gasteiger partial charge in [-0.1, -0.05) is 31.9 Å². The van der Waals surface area contributed by atoms with E-state index in [-0.39, 0.29) is 5.82 Å². The minimum absolute atomic E-state index is 0.163. The van der Waals surface area contributed by atoms with Crippen LogP contribution in [0.1, 0.15) is 39.2 Å². The van der Waals surface area contributed by atoms with Crippen molar-refractivity contribution in [3.05, 3.63) is 34.6 Å². The average molecular weight is 313 g/mol. The first kappa shape index (κ1) is 16.7. The van der Waals surface area contributed by atoms with Crippen molar-refractivity contribution in [3.8, 4) is 0 Å². The van der Waals surface area contributed by atoms with Crippen LogP contribution >= 0.6 is 11.6 Å². The molecule has 0 radical (unpaired) electrons. The van der Waals surface area contributed by atoms with E-state index in [0.717, 1.165) is 25.9 Å². The molecule has 1 N–H and O–H groups in total. The summed E-state index contributed by atoms with van der Waals surface area (Å²) in [5.41, 5.74) is 0.694. The van der Waals surface area contributed by atoms with E-state index in [0.29, 0.717) is 35.1 Å². The first-order chi connectivity index (χ1) is 10.0. The van der Waals surface area contributed by atoms with Crippen LogP contribution in [0, 0.1) is 11.7 Å². The predicted octanol–water partition coefficient (Wildman–Crippen LogP) is 4.08. The second-order valence-corrected chi connectivity index (χ2v) is 6.69. The van der Waals surface area contributed by atoms with Crippen LogP contribution < -0.4 is 5.32 Å². The molecule has 2 rings (SSSR count). The lowest BCUT2D eigenvalue weighted by Crippen LogP contribution is -2.43. The number of nitrogens with one attached hydrogen (secondary N) is 1. The maximum absolute atomic E-state index is 14.0. The van der Waals surface area contributed by atoms with E-state index < -0.39 is 0 Å². The second-order valence-electron chi connectivity index (χ2n) is 6.25. The maximum atomic E-state index is 14.0. The molecule has 118 valence electrons. The molecule has 4 heteroatoms. The quantitative estimate of drug-likeness (QED) is 0.901. The molecule has 0 aromatic heterocycles. The van der Waals surface area contributed by atoms with Crippen LogP contribution in [0.4, 0.5) is 4.39 Å². The Morgan fingerprint density at radius 1 is 1.48 bits per heavy atom. The molecular formula is C17H26ClFN2. The smallest absolute Gasteiger partial charge is 0.127 e. The summed E-state index contributed by atoms with van der Waals surface area (Å²) >= 11 is 6.01. The number of hydrogen-bond donors (Lipinski definition) is 1. The van der Waals surface area contributed by atoms with Gasteiger partial charge in [-0.25, -0.2) is 4.39 Å². The Labute approximate surface area is 132 Å². The first-order valence-corrected chi connectivity index (χ1v) is 8.30. The first-order valence-electron chi connectivity index (χ1n) is 7.92. The minimum atomic E-state index is -0.163. The molecule has 3 unspecified atom stereocenters. The zero-order chi connectivity index (χ0) is 15.4. The van der Waals surface area contributed by atoms with Crippen molar-refractivity contribution >= 4 is 11.6 Å². The van der Waals surface area contributed by atoms with Crippen molar-refractivity contribution in [3.63, 3.8) is 0 Å². The minimum Gasteiger partial charge on any atom is -0.312 e. The lowest BCUT2D eigenvalue weighted by molar-refractivity contribution is 0.178. The Balaban J connectivity index is 2.13. The van der Waals surface area contributed by atoms with Crippen LogP contribution in [0.15, 0.2) is 18.2 Å². The van der Waals surface area contributed by atoms with E-state index in [1.54, 1.807) is 12.1 Å². The van der Waals surface area contributed by atoms with Gasteiger partial charge in [0.2, 0.25) is 0 Å². The second kappa shape index (κ2) is 7.57. The van der Waals surface area contributed by atoms with Crippen LogP contribution in [0.5, 0.6) is 0 Å². The summed E-state index contributed by atoms with van der Waals surface area (Å²) in [6.07, 6.45) is 2.25. The monoisotopic (exact) mass is 312 g/mol. The third-order valence-corrected chi connectivity index (χ3v) is 4.97. The fourth-order valence-electron chi connectivity index (χ4n) is 2.93. The summed E-state index contributed by atoms with van der Waals surface area (Å²) in [7, 11) is 0. The normalized spacial score (nSPS) is 25.6. The van der Waals surface area contributed by atoms with E-state index in [1.165, 1.54) is 6.07 Å². The zero-order valence-corrected chi connectivity index (χ0v) is 14.0. The number of hydrogen-bond acceptors (Lipinski definition) is 2. The summed E-state index contributed by atoms with van der Waals surface area (Å²) in [6, 6.07) is 5.74. The molecular weight excluding hydrogens is 287 g/mol.